The summed E-state index contributed by atoms with van der Waals surface area (Å²) in [6.07, 6.45) is 7.05. The van der Waals surface area contributed by atoms with Crippen molar-refractivity contribution < 1.29 is 4.74 Å². The molecule has 0 amide bonds. The number of hydrogen-bond donors (Lipinski definition) is 1. The van der Waals surface area contributed by atoms with Gasteiger partial charge in [0.05, 0.1) is 18.4 Å². The third-order valence-electron chi connectivity index (χ3n) is 4.98. The van der Waals surface area contributed by atoms with Crippen LogP contribution >= 0.6 is 0 Å². The summed E-state index contributed by atoms with van der Waals surface area (Å²) in [6, 6.07) is 2.02. The Morgan fingerprint density at radius 3 is 2.62 bits per heavy atom. The zero-order chi connectivity index (χ0) is 17.9. The highest BCUT2D eigenvalue weighted by Gasteiger charge is 2.23. The fourth-order valence-corrected chi connectivity index (χ4v) is 3.44. The van der Waals surface area contributed by atoms with E-state index < -0.39 is 0 Å². The van der Waals surface area contributed by atoms with E-state index in [2.05, 4.69) is 26.7 Å². The molecule has 2 N–H and O–H groups in total. The van der Waals surface area contributed by atoms with Crippen LogP contribution in [0.2, 0.25) is 0 Å². The Balaban J connectivity index is 1.71. The van der Waals surface area contributed by atoms with E-state index in [1.807, 2.05) is 6.07 Å². The van der Waals surface area contributed by atoms with Gasteiger partial charge in [0, 0.05) is 50.2 Å². The maximum absolute atomic E-state index is 5.81. The zero-order valence-electron chi connectivity index (χ0n) is 15.1. The highest BCUT2D eigenvalue weighted by atomic mass is 16.5. The molecule has 4 heterocycles. The number of nitrogens with two attached hydrogens (primary N) is 1. The van der Waals surface area contributed by atoms with Crippen molar-refractivity contribution in [1.29, 1.82) is 0 Å². The van der Waals surface area contributed by atoms with Crippen LogP contribution in [-0.2, 0) is 4.74 Å². The Bertz CT molecular complexity index is 746. The van der Waals surface area contributed by atoms with E-state index >= 15 is 0 Å². The molecular formula is C18H25N7O. The van der Waals surface area contributed by atoms with Gasteiger partial charge in [0.25, 0.3) is 0 Å². The first-order chi connectivity index (χ1) is 12.7. The molecular weight excluding hydrogens is 330 g/mol. The molecule has 138 valence electrons. The van der Waals surface area contributed by atoms with Crippen LogP contribution in [0.4, 0.5) is 17.7 Å². The summed E-state index contributed by atoms with van der Waals surface area (Å²) in [7, 11) is 0. The van der Waals surface area contributed by atoms with Crippen molar-refractivity contribution in [1.82, 2.24) is 19.9 Å². The molecule has 2 aliphatic heterocycles. The smallest absolute Gasteiger partial charge is 0.227 e. The standard InChI is InChI=1S/C18H25N7O/c1-2-14-12-25(7-8-26-14)16-9-15(13-10-20-17(19)21-11-13)22-18(23-16)24-5-3-4-6-24/h9-11,14H,2-8,12H2,1H3,(H2,19,20,21)/t14-/m0/s1. The Morgan fingerprint density at radius 2 is 1.88 bits per heavy atom. The first kappa shape index (κ1) is 17.0. The van der Waals surface area contributed by atoms with E-state index in [0.29, 0.717) is 0 Å². The predicted molar refractivity (Wildman–Crippen MR) is 101 cm³/mol. The van der Waals surface area contributed by atoms with Gasteiger partial charge in [0.15, 0.2) is 0 Å². The first-order valence-corrected chi connectivity index (χ1v) is 9.31. The zero-order valence-corrected chi connectivity index (χ0v) is 15.1. The normalized spacial score (nSPS) is 20.6. The molecule has 2 aliphatic rings. The summed E-state index contributed by atoms with van der Waals surface area (Å²) < 4.78 is 5.81. The Kier molecular flexibility index (Phi) is 4.83. The number of morpholine rings is 1. The van der Waals surface area contributed by atoms with Crippen LogP contribution in [0, 0.1) is 0 Å². The highest BCUT2D eigenvalue weighted by molar-refractivity contribution is 5.64. The fraction of sp³-hybridized carbons (Fsp3) is 0.556. The lowest BCUT2D eigenvalue weighted by Crippen LogP contribution is -2.42. The van der Waals surface area contributed by atoms with E-state index in [1.165, 1.54) is 12.8 Å². The van der Waals surface area contributed by atoms with E-state index in [1.54, 1.807) is 12.4 Å². The van der Waals surface area contributed by atoms with Gasteiger partial charge < -0.3 is 20.3 Å². The average Bonchev–Trinajstić information content (AvgIpc) is 3.23. The molecule has 2 fully saturated rings. The van der Waals surface area contributed by atoms with Crippen molar-refractivity contribution in [3.63, 3.8) is 0 Å². The Morgan fingerprint density at radius 1 is 1.12 bits per heavy atom. The van der Waals surface area contributed by atoms with Crippen LogP contribution in [0.15, 0.2) is 18.5 Å². The number of nitrogen functional groups attached to an aromatic ring is 1. The van der Waals surface area contributed by atoms with Crippen LogP contribution in [-0.4, -0.2) is 58.8 Å². The summed E-state index contributed by atoms with van der Waals surface area (Å²) in [5, 5.41) is 0. The van der Waals surface area contributed by atoms with Gasteiger partial charge in [0.1, 0.15) is 5.82 Å². The van der Waals surface area contributed by atoms with Crippen LogP contribution in [0.25, 0.3) is 11.3 Å². The average molecular weight is 355 g/mol. The highest BCUT2D eigenvalue weighted by Crippen LogP contribution is 2.27. The molecule has 0 saturated carbocycles. The maximum atomic E-state index is 5.81. The van der Waals surface area contributed by atoms with Gasteiger partial charge in [-0.2, -0.15) is 4.98 Å². The summed E-state index contributed by atoms with van der Waals surface area (Å²) in [5.74, 6) is 1.99. The van der Waals surface area contributed by atoms with E-state index in [-0.39, 0.29) is 12.1 Å². The van der Waals surface area contributed by atoms with Gasteiger partial charge >= 0.3 is 0 Å². The lowest BCUT2D eigenvalue weighted by molar-refractivity contribution is 0.0381. The molecule has 0 spiro atoms. The third-order valence-corrected chi connectivity index (χ3v) is 4.98. The molecule has 8 heteroatoms. The Labute approximate surface area is 153 Å². The quantitative estimate of drug-likeness (QED) is 0.886. The van der Waals surface area contributed by atoms with Crippen LogP contribution < -0.4 is 15.5 Å². The van der Waals surface area contributed by atoms with Crippen molar-refractivity contribution in [3.8, 4) is 11.3 Å². The van der Waals surface area contributed by atoms with Crippen molar-refractivity contribution >= 4 is 17.7 Å². The van der Waals surface area contributed by atoms with Gasteiger partial charge in [-0.1, -0.05) is 6.92 Å². The topological polar surface area (TPSA) is 93.3 Å². The predicted octanol–water partition coefficient (Wildman–Crippen LogP) is 1.73. The van der Waals surface area contributed by atoms with Gasteiger partial charge in [0.2, 0.25) is 11.9 Å². The third kappa shape index (κ3) is 3.55. The molecule has 26 heavy (non-hydrogen) atoms. The second kappa shape index (κ2) is 7.41. The second-order valence-corrected chi connectivity index (χ2v) is 6.78. The molecule has 2 saturated heterocycles. The van der Waals surface area contributed by atoms with E-state index in [4.69, 9.17) is 20.4 Å². The van der Waals surface area contributed by atoms with Crippen molar-refractivity contribution in [2.24, 2.45) is 0 Å². The molecule has 0 unspecified atom stereocenters. The summed E-state index contributed by atoms with van der Waals surface area (Å²) >= 11 is 0. The number of hydrogen-bond acceptors (Lipinski definition) is 8. The summed E-state index contributed by atoms with van der Waals surface area (Å²) in [4.78, 5) is 22.4. The summed E-state index contributed by atoms with van der Waals surface area (Å²) in [6.45, 7) is 6.57. The van der Waals surface area contributed by atoms with Crippen molar-refractivity contribution in [2.45, 2.75) is 32.3 Å². The molecule has 1 atom stereocenters. The van der Waals surface area contributed by atoms with Gasteiger partial charge in [-0.05, 0) is 19.3 Å². The van der Waals surface area contributed by atoms with Crippen molar-refractivity contribution in [3.05, 3.63) is 18.5 Å². The lowest BCUT2D eigenvalue weighted by Gasteiger charge is -2.34. The van der Waals surface area contributed by atoms with Crippen LogP contribution in [0.1, 0.15) is 26.2 Å². The number of rotatable bonds is 4. The maximum Gasteiger partial charge on any atom is 0.227 e. The fourth-order valence-electron chi connectivity index (χ4n) is 3.44. The molecule has 2 aromatic heterocycles. The minimum absolute atomic E-state index is 0.247. The van der Waals surface area contributed by atoms with Crippen LogP contribution in [0.5, 0.6) is 0 Å². The van der Waals surface area contributed by atoms with Crippen LogP contribution in [0.3, 0.4) is 0 Å². The Hall–Kier alpha value is -2.48. The molecule has 0 radical (unpaired) electrons. The van der Waals surface area contributed by atoms with Gasteiger partial charge in [-0.15, -0.1) is 0 Å². The molecule has 0 bridgehead atoms. The summed E-state index contributed by atoms with van der Waals surface area (Å²) in [5.41, 5.74) is 7.31. The molecule has 0 aromatic carbocycles. The van der Waals surface area contributed by atoms with E-state index in [9.17, 15) is 0 Å². The van der Waals surface area contributed by atoms with Gasteiger partial charge in [-0.25, -0.2) is 15.0 Å². The SMILES string of the molecule is CC[C@H]1CN(c2cc(-c3cnc(N)nc3)nc(N3CCCC3)n2)CCO1. The second-order valence-electron chi connectivity index (χ2n) is 6.78. The van der Waals surface area contributed by atoms with Gasteiger partial charge in [-0.3, -0.25) is 0 Å². The number of aromatic nitrogens is 4. The van der Waals surface area contributed by atoms with E-state index in [0.717, 1.165) is 62.2 Å². The largest absolute Gasteiger partial charge is 0.375 e. The first-order valence-electron chi connectivity index (χ1n) is 9.31. The number of nitrogens with zero attached hydrogens (tertiary/aromatic N) is 6. The molecule has 8 nitrogen and oxygen atoms in total. The number of anilines is 3. The minimum Gasteiger partial charge on any atom is -0.375 e. The molecule has 0 aliphatic carbocycles. The molecule has 4 rings (SSSR count). The number of ether oxygens (including phenoxy) is 1. The molecule has 2 aromatic rings. The van der Waals surface area contributed by atoms with Crippen molar-refractivity contribution in [2.75, 3.05) is 48.3 Å². The lowest BCUT2D eigenvalue weighted by atomic mass is 10.2. The monoisotopic (exact) mass is 355 g/mol. The minimum atomic E-state index is 0.247.